The molecule has 4 N–H and O–H groups in total. The Bertz CT molecular complexity index is 1810. The van der Waals surface area contributed by atoms with Crippen LogP contribution in [0, 0.1) is 0 Å². The Kier molecular flexibility index (Phi) is 10.3. The van der Waals surface area contributed by atoms with Gasteiger partial charge in [-0.1, -0.05) is 67.9 Å². The quantitative estimate of drug-likeness (QED) is 0.116. The Morgan fingerprint density at radius 2 is 1.53 bits per heavy atom. The lowest BCUT2D eigenvalue weighted by molar-refractivity contribution is 0.0942. The number of carbonyl (C=O) groups is 2. The smallest absolute Gasteiger partial charge is 0.251 e. The van der Waals surface area contributed by atoms with Crippen LogP contribution in [-0.2, 0) is 6.54 Å². The molecule has 1 heterocycles. The van der Waals surface area contributed by atoms with E-state index in [0.29, 0.717) is 57.1 Å². The average Bonchev–Trinajstić information content (AvgIpc) is 3.39. The predicted octanol–water partition coefficient (Wildman–Crippen LogP) is 6.70. The maximum Gasteiger partial charge on any atom is 0.251 e. The van der Waals surface area contributed by atoms with Crippen LogP contribution in [0.2, 0.25) is 5.02 Å². The molecule has 2 amide bonds. The Labute approximate surface area is 267 Å². The van der Waals surface area contributed by atoms with Crippen LogP contribution in [0.5, 0.6) is 5.88 Å². The van der Waals surface area contributed by atoms with Gasteiger partial charge in [-0.15, -0.1) is 0 Å². The summed E-state index contributed by atoms with van der Waals surface area (Å²) < 4.78 is 0. The number of hydrogen-bond donors (Lipinski definition) is 4. The van der Waals surface area contributed by atoms with Crippen LogP contribution in [-0.4, -0.2) is 58.7 Å². The van der Waals surface area contributed by atoms with E-state index in [0.717, 1.165) is 30.8 Å². The number of carbonyl (C=O) groups excluding carboxylic acids is 2. The molecule has 4 aromatic carbocycles. The van der Waals surface area contributed by atoms with Crippen LogP contribution in [0.25, 0.3) is 10.9 Å². The van der Waals surface area contributed by atoms with Crippen molar-refractivity contribution in [1.29, 1.82) is 0 Å². The molecule has 0 bridgehead atoms. The number of aliphatic imine (C=N–C) groups is 1. The lowest BCUT2D eigenvalue weighted by Crippen LogP contribution is -2.34. The number of aromatic hydroxyl groups is 1. The molecule has 0 saturated heterocycles. The monoisotopic (exact) mass is 621 g/mol. The van der Waals surface area contributed by atoms with Crippen molar-refractivity contribution in [3.05, 3.63) is 130 Å². The van der Waals surface area contributed by atoms with Gasteiger partial charge in [-0.2, -0.15) is 0 Å². The van der Waals surface area contributed by atoms with Crippen molar-refractivity contribution in [3.63, 3.8) is 0 Å². The lowest BCUT2D eigenvalue weighted by atomic mass is 9.99. The fraction of sp³-hybridized carbons (Fsp3) is 0.194. The molecule has 8 nitrogen and oxygen atoms in total. The number of hydrogen-bond acceptors (Lipinski definition) is 5. The second kappa shape index (κ2) is 14.7. The highest BCUT2D eigenvalue weighted by Gasteiger charge is 2.20. The number of likely N-dealkylation sites (N-methyl/N-ethyl adjacent to an activating group) is 1. The van der Waals surface area contributed by atoms with Gasteiger partial charge in [-0.05, 0) is 73.3 Å². The van der Waals surface area contributed by atoms with Crippen molar-refractivity contribution in [2.75, 3.05) is 26.2 Å². The molecule has 0 radical (unpaired) electrons. The van der Waals surface area contributed by atoms with Gasteiger partial charge in [0.05, 0.1) is 17.0 Å². The van der Waals surface area contributed by atoms with Crippen LogP contribution in [0.1, 0.15) is 51.3 Å². The van der Waals surface area contributed by atoms with Gasteiger partial charge in [0.2, 0.25) is 0 Å². The number of fused-ring (bicyclic) bond motifs is 1. The Morgan fingerprint density at radius 3 is 2.24 bits per heavy atom. The summed E-state index contributed by atoms with van der Waals surface area (Å²) in [4.78, 5) is 36.1. The number of nitrogens with zero attached hydrogens (tertiary/aromatic N) is 2. The maximum atomic E-state index is 13.1. The standard InChI is InChI=1S/C36H36ClN5O3/c1-3-42(4-2)20-19-38-34(43)26-13-16-29(17-14-26)40-33(25-10-6-5-7-11-25)32-30-22-27(15-18-31(30)41-36(32)45)35(44)39-23-24-9-8-12-28(37)21-24/h5-18,21-22,41,45H,3-4,19-20,23H2,1-2H3,(H,38,43)(H,39,44). The van der Waals surface area contributed by atoms with Crippen LogP contribution < -0.4 is 10.6 Å². The molecule has 0 aliphatic heterocycles. The van der Waals surface area contributed by atoms with E-state index in [-0.39, 0.29) is 17.7 Å². The topological polar surface area (TPSA) is 110 Å². The molecule has 0 fully saturated rings. The van der Waals surface area contributed by atoms with Crippen LogP contribution in [0.3, 0.4) is 0 Å². The van der Waals surface area contributed by atoms with E-state index < -0.39 is 0 Å². The number of amides is 2. The number of halogens is 1. The van der Waals surface area contributed by atoms with Gasteiger partial charge >= 0.3 is 0 Å². The van der Waals surface area contributed by atoms with Gasteiger partial charge in [0.25, 0.3) is 11.8 Å². The van der Waals surface area contributed by atoms with E-state index in [2.05, 4.69) is 34.4 Å². The second-order valence-corrected chi connectivity index (χ2v) is 11.0. The van der Waals surface area contributed by atoms with Crippen LogP contribution in [0.4, 0.5) is 5.69 Å². The van der Waals surface area contributed by atoms with E-state index >= 15 is 0 Å². The maximum absolute atomic E-state index is 13.1. The Hall–Kier alpha value is -4.92. The third-order valence-corrected chi connectivity index (χ3v) is 7.88. The molecular formula is C36H36ClN5O3. The molecule has 9 heteroatoms. The molecule has 230 valence electrons. The zero-order valence-electron chi connectivity index (χ0n) is 25.3. The Balaban J connectivity index is 1.43. The van der Waals surface area contributed by atoms with Crippen molar-refractivity contribution >= 4 is 45.7 Å². The molecule has 1 aromatic heterocycles. The van der Waals surface area contributed by atoms with Gasteiger partial charge in [0.1, 0.15) is 0 Å². The summed E-state index contributed by atoms with van der Waals surface area (Å²) in [5.41, 5.74) is 4.91. The molecule has 5 aromatic rings. The first-order valence-electron chi connectivity index (χ1n) is 15.0. The molecular weight excluding hydrogens is 586 g/mol. The summed E-state index contributed by atoms with van der Waals surface area (Å²) in [6.45, 7) is 7.76. The highest BCUT2D eigenvalue weighted by molar-refractivity contribution is 6.30. The molecule has 0 aliphatic carbocycles. The minimum Gasteiger partial charge on any atom is -0.494 e. The Morgan fingerprint density at radius 1 is 0.822 bits per heavy atom. The SMILES string of the molecule is CCN(CC)CCNC(=O)c1ccc(N=C(c2ccccc2)c2c(O)[nH]c3ccc(C(=O)NCc4cccc(Cl)c4)cc23)cc1. The zero-order chi connectivity index (χ0) is 31.8. The first kappa shape index (κ1) is 31.5. The molecule has 0 atom stereocenters. The highest BCUT2D eigenvalue weighted by atomic mass is 35.5. The van der Waals surface area contributed by atoms with Gasteiger partial charge < -0.3 is 25.6 Å². The molecule has 0 unspecified atom stereocenters. The summed E-state index contributed by atoms with van der Waals surface area (Å²) in [5.74, 6) is -0.461. The summed E-state index contributed by atoms with van der Waals surface area (Å²) in [5, 5.41) is 18.3. The fourth-order valence-corrected chi connectivity index (χ4v) is 5.35. The van der Waals surface area contributed by atoms with Gasteiger partial charge in [-0.3, -0.25) is 9.59 Å². The van der Waals surface area contributed by atoms with E-state index in [1.54, 1.807) is 48.5 Å². The van der Waals surface area contributed by atoms with Crippen molar-refractivity contribution in [1.82, 2.24) is 20.5 Å². The van der Waals surface area contributed by atoms with E-state index in [1.165, 1.54) is 0 Å². The molecule has 0 aliphatic rings. The van der Waals surface area contributed by atoms with E-state index in [4.69, 9.17) is 16.6 Å². The number of aromatic nitrogens is 1. The third kappa shape index (κ3) is 7.78. The van der Waals surface area contributed by atoms with Crippen molar-refractivity contribution in [2.24, 2.45) is 4.99 Å². The first-order valence-corrected chi connectivity index (χ1v) is 15.4. The van der Waals surface area contributed by atoms with E-state index in [9.17, 15) is 14.7 Å². The number of benzene rings is 4. The second-order valence-electron chi connectivity index (χ2n) is 10.6. The molecule has 0 spiro atoms. The minimum absolute atomic E-state index is 0.0618. The molecule has 5 rings (SSSR count). The number of nitrogens with one attached hydrogen (secondary N) is 3. The summed E-state index contributed by atoms with van der Waals surface area (Å²) in [7, 11) is 0. The normalized spacial score (nSPS) is 11.6. The number of H-pyrrole nitrogens is 1. The predicted molar refractivity (Wildman–Crippen MR) is 181 cm³/mol. The average molecular weight is 622 g/mol. The molecule has 0 saturated carbocycles. The zero-order valence-corrected chi connectivity index (χ0v) is 26.1. The molecule has 45 heavy (non-hydrogen) atoms. The van der Waals surface area contributed by atoms with Crippen molar-refractivity contribution in [3.8, 4) is 5.88 Å². The van der Waals surface area contributed by atoms with Crippen LogP contribution in [0.15, 0.2) is 102 Å². The summed E-state index contributed by atoms with van der Waals surface area (Å²) in [6, 6.07) is 29.1. The summed E-state index contributed by atoms with van der Waals surface area (Å²) >= 11 is 6.09. The van der Waals surface area contributed by atoms with E-state index in [1.807, 2.05) is 48.5 Å². The number of rotatable bonds is 12. The highest BCUT2D eigenvalue weighted by Crippen LogP contribution is 2.32. The van der Waals surface area contributed by atoms with Gasteiger partial charge in [0, 0.05) is 52.3 Å². The minimum atomic E-state index is -0.257. The number of aromatic amines is 1. The summed E-state index contributed by atoms with van der Waals surface area (Å²) in [6.07, 6.45) is 0. The van der Waals surface area contributed by atoms with Crippen molar-refractivity contribution < 1.29 is 14.7 Å². The first-order chi connectivity index (χ1) is 21.9. The van der Waals surface area contributed by atoms with Crippen LogP contribution >= 0.6 is 11.6 Å². The largest absolute Gasteiger partial charge is 0.494 e. The van der Waals surface area contributed by atoms with Gasteiger partial charge in [0.15, 0.2) is 5.88 Å². The van der Waals surface area contributed by atoms with Crippen molar-refractivity contribution in [2.45, 2.75) is 20.4 Å². The third-order valence-electron chi connectivity index (χ3n) is 7.65. The van der Waals surface area contributed by atoms with Gasteiger partial charge in [-0.25, -0.2) is 4.99 Å². The fourth-order valence-electron chi connectivity index (χ4n) is 5.14. The lowest BCUT2D eigenvalue weighted by Gasteiger charge is -2.17.